The molecule has 1 unspecified atom stereocenters. The number of ether oxygens (including phenoxy) is 3. The van der Waals surface area contributed by atoms with Crippen LogP contribution in [0.5, 0.6) is 0 Å². The molecular formula is C71H116O6. The number of carbonyl (C=O) groups is 3. The molecule has 0 aliphatic rings. The van der Waals surface area contributed by atoms with Gasteiger partial charge in [0.2, 0.25) is 0 Å². The summed E-state index contributed by atoms with van der Waals surface area (Å²) in [6, 6.07) is 0. The number of carbonyl (C=O) groups excluding carboxylic acids is 3. The molecule has 0 amide bonds. The fraction of sp³-hybridized carbons (Fsp3) is 0.648. The van der Waals surface area contributed by atoms with Crippen molar-refractivity contribution in [2.45, 2.75) is 284 Å². The highest BCUT2D eigenvalue weighted by molar-refractivity contribution is 5.71. The summed E-state index contributed by atoms with van der Waals surface area (Å²) < 4.78 is 16.9. The molecule has 0 saturated carbocycles. The molecule has 0 aromatic heterocycles. The van der Waals surface area contributed by atoms with Crippen molar-refractivity contribution in [1.82, 2.24) is 0 Å². The van der Waals surface area contributed by atoms with Crippen molar-refractivity contribution >= 4 is 17.9 Å². The molecule has 6 heteroatoms. The van der Waals surface area contributed by atoms with E-state index in [0.29, 0.717) is 19.3 Å². The Kier molecular flexibility index (Phi) is 60.4. The topological polar surface area (TPSA) is 78.9 Å². The summed E-state index contributed by atoms with van der Waals surface area (Å²) in [6.07, 6.45) is 90.1. The number of allylic oxidation sites excluding steroid dienone is 22. The second-order valence-electron chi connectivity index (χ2n) is 20.6. The van der Waals surface area contributed by atoms with Crippen molar-refractivity contribution in [3.05, 3.63) is 134 Å². The fourth-order valence-corrected chi connectivity index (χ4v) is 8.47. The summed E-state index contributed by atoms with van der Waals surface area (Å²) in [4.78, 5) is 38.3. The van der Waals surface area contributed by atoms with E-state index in [-0.39, 0.29) is 31.1 Å². The molecule has 6 nitrogen and oxygen atoms in total. The van der Waals surface area contributed by atoms with E-state index < -0.39 is 6.10 Å². The Bertz CT molecular complexity index is 1650. The molecular weight excluding hydrogens is 949 g/mol. The van der Waals surface area contributed by atoms with Crippen molar-refractivity contribution < 1.29 is 28.6 Å². The zero-order chi connectivity index (χ0) is 55.7. The SMILES string of the molecule is CC/C=C\C/C=C\C/C=C\C/C=C\C/C=C\C/C=C\CCCCCCC(=O)OCC(COC(=O)CCCCCCCCCCCCCCCCC)OC(=O)CCCCCCC/C=C\C/C=C\C/C=C\C/C=C\C/C=C\CC. The zero-order valence-electron chi connectivity index (χ0n) is 49.9. The molecule has 0 aliphatic heterocycles. The zero-order valence-corrected chi connectivity index (χ0v) is 49.9. The van der Waals surface area contributed by atoms with Gasteiger partial charge < -0.3 is 14.2 Å². The van der Waals surface area contributed by atoms with Crippen LogP contribution < -0.4 is 0 Å². The second kappa shape index (κ2) is 64.1. The third-order valence-electron chi connectivity index (χ3n) is 13.2. The van der Waals surface area contributed by atoms with Crippen LogP contribution in [0.15, 0.2) is 134 Å². The summed E-state index contributed by atoms with van der Waals surface area (Å²) in [5.74, 6) is -0.937. The van der Waals surface area contributed by atoms with E-state index in [1.54, 1.807) is 0 Å². The standard InChI is InChI=1S/C71H116O6/c1-4-7-10-13-16-19-22-25-28-30-32-34-35-37-38-40-43-46-49-52-55-58-61-64-70(73)76-67-68(66-75-69(72)63-60-57-54-51-48-45-42-27-24-21-18-15-12-9-6-3)77-71(74)65-62-59-56-53-50-47-44-41-39-36-33-31-29-26-23-20-17-14-11-8-5-2/h7-8,10-11,16-17,19-20,25-26,28-29,32-34,36-38,41,43-44,46,68H,4-6,9,12-15,18,21-24,27,30-31,35,39-40,42,45,47-67H2,1-3H3/b10-7-,11-8-,19-16-,20-17-,28-25-,29-26-,34-32-,36-33-,38-37-,44-41-,46-43-. The first-order valence-corrected chi connectivity index (χ1v) is 31.7. The number of hydrogen-bond acceptors (Lipinski definition) is 6. The van der Waals surface area contributed by atoms with Crippen molar-refractivity contribution in [3.8, 4) is 0 Å². The molecule has 0 fully saturated rings. The van der Waals surface area contributed by atoms with Crippen LogP contribution in [-0.4, -0.2) is 37.2 Å². The van der Waals surface area contributed by atoms with Crippen LogP contribution in [0.25, 0.3) is 0 Å². The minimum Gasteiger partial charge on any atom is -0.462 e. The van der Waals surface area contributed by atoms with Gasteiger partial charge in [0, 0.05) is 19.3 Å². The molecule has 0 N–H and O–H groups in total. The monoisotopic (exact) mass is 1060 g/mol. The molecule has 0 rings (SSSR count). The third kappa shape index (κ3) is 62.3. The Hall–Kier alpha value is -4.45. The predicted octanol–water partition coefficient (Wildman–Crippen LogP) is 21.8. The quantitative estimate of drug-likeness (QED) is 0.0261. The van der Waals surface area contributed by atoms with Crippen molar-refractivity contribution in [1.29, 1.82) is 0 Å². The molecule has 0 saturated heterocycles. The van der Waals surface area contributed by atoms with Gasteiger partial charge in [-0.3, -0.25) is 14.4 Å². The maximum Gasteiger partial charge on any atom is 0.306 e. The lowest BCUT2D eigenvalue weighted by Crippen LogP contribution is -2.30. The second-order valence-corrected chi connectivity index (χ2v) is 20.6. The van der Waals surface area contributed by atoms with E-state index in [0.717, 1.165) is 161 Å². The van der Waals surface area contributed by atoms with Crippen LogP contribution in [0, 0.1) is 0 Å². The highest BCUT2D eigenvalue weighted by Gasteiger charge is 2.19. The number of unbranched alkanes of at least 4 members (excludes halogenated alkanes) is 23. The van der Waals surface area contributed by atoms with Crippen LogP contribution in [0.4, 0.5) is 0 Å². The Morgan fingerprint density at radius 3 is 0.792 bits per heavy atom. The first-order chi connectivity index (χ1) is 38.0. The normalized spacial score (nSPS) is 13.0. The fourth-order valence-electron chi connectivity index (χ4n) is 8.47. The van der Waals surface area contributed by atoms with Crippen LogP contribution in [0.3, 0.4) is 0 Å². The first-order valence-electron chi connectivity index (χ1n) is 31.7. The molecule has 1 atom stereocenters. The number of esters is 3. The lowest BCUT2D eigenvalue weighted by Gasteiger charge is -2.18. The van der Waals surface area contributed by atoms with Crippen LogP contribution in [0.2, 0.25) is 0 Å². The van der Waals surface area contributed by atoms with Gasteiger partial charge in [0.15, 0.2) is 6.10 Å². The molecule has 0 aromatic rings. The summed E-state index contributed by atoms with van der Waals surface area (Å²) in [7, 11) is 0. The van der Waals surface area contributed by atoms with Gasteiger partial charge in [-0.1, -0.05) is 276 Å². The predicted molar refractivity (Wildman–Crippen MR) is 334 cm³/mol. The van der Waals surface area contributed by atoms with Gasteiger partial charge in [0.1, 0.15) is 13.2 Å². The summed E-state index contributed by atoms with van der Waals surface area (Å²) >= 11 is 0. The maximum atomic E-state index is 12.9. The molecule has 0 spiro atoms. The van der Waals surface area contributed by atoms with E-state index in [9.17, 15) is 14.4 Å². The van der Waals surface area contributed by atoms with E-state index in [4.69, 9.17) is 14.2 Å². The molecule has 0 aromatic carbocycles. The maximum absolute atomic E-state index is 12.9. The van der Waals surface area contributed by atoms with E-state index in [1.807, 2.05) is 0 Å². The Morgan fingerprint density at radius 2 is 0.506 bits per heavy atom. The molecule has 0 heterocycles. The van der Waals surface area contributed by atoms with E-state index in [1.165, 1.54) is 77.0 Å². The van der Waals surface area contributed by atoms with Gasteiger partial charge in [-0.05, 0) is 116 Å². The highest BCUT2D eigenvalue weighted by Crippen LogP contribution is 2.15. The lowest BCUT2D eigenvalue weighted by molar-refractivity contribution is -0.167. The Labute approximate surface area is 475 Å². The smallest absolute Gasteiger partial charge is 0.306 e. The minimum absolute atomic E-state index is 0.0962. The number of hydrogen-bond donors (Lipinski definition) is 0. The van der Waals surface area contributed by atoms with E-state index in [2.05, 4.69) is 154 Å². The van der Waals surface area contributed by atoms with Crippen molar-refractivity contribution in [2.24, 2.45) is 0 Å². The average Bonchev–Trinajstić information content (AvgIpc) is 3.43. The van der Waals surface area contributed by atoms with Crippen molar-refractivity contribution in [2.75, 3.05) is 13.2 Å². The van der Waals surface area contributed by atoms with Gasteiger partial charge >= 0.3 is 17.9 Å². The summed E-state index contributed by atoms with van der Waals surface area (Å²) in [5.41, 5.74) is 0. The lowest BCUT2D eigenvalue weighted by atomic mass is 10.0. The highest BCUT2D eigenvalue weighted by atomic mass is 16.6. The minimum atomic E-state index is -0.804. The molecule has 436 valence electrons. The van der Waals surface area contributed by atoms with Gasteiger partial charge in [-0.25, -0.2) is 0 Å². The largest absolute Gasteiger partial charge is 0.462 e. The molecule has 0 aliphatic carbocycles. The molecule has 77 heavy (non-hydrogen) atoms. The third-order valence-corrected chi connectivity index (χ3v) is 13.2. The van der Waals surface area contributed by atoms with Gasteiger partial charge in [-0.15, -0.1) is 0 Å². The molecule has 0 radical (unpaired) electrons. The Balaban J connectivity index is 4.48. The molecule has 0 bridgehead atoms. The summed E-state index contributed by atoms with van der Waals surface area (Å²) in [5, 5.41) is 0. The van der Waals surface area contributed by atoms with Crippen LogP contribution in [0.1, 0.15) is 278 Å². The van der Waals surface area contributed by atoms with Crippen LogP contribution >= 0.6 is 0 Å². The van der Waals surface area contributed by atoms with Gasteiger partial charge in [0.05, 0.1) is 0 Å². The van der Waals surface area contributed by atoms with Gasteiger partial charge in [-0.2, -0.15) is 0 Å². The Morgan fingerprint density at radius 1 is 0.273 bits per heavy atom. The van der Waals surface area contributed by atoms with E-state index >= 15 is 0 Å². The average molecular weight is 1070 g/mol. The van der Waals surface area contributed by atoms with Crippen LogP contribution in [-0.2, 0) is 28.6 Å². The van der Waals surface area contributed by atoms with Gasteiger partial charge in [0.25, 0.3) is 0 Å². The number of rotatable bonds is 56. The first kappa shape index (κ1) is 72.5. The van der Waals surface area contributed by atoms with Crippen molar-refractivity contribution in [3.63, 3.8) is 0 Å². The summed E-state index contributed by atoms with van der Waals surface area (Å²) in [6.45, 7) is 6.39.